The second-order valence-corrected chi connectivity index (χ2v) is 10.2. The van der Waals surface area contributed by atoms with Crippen LogP contribution >= 0.6 is 0 Å². The molecule has 0 bridgehead atoms. The number of hydrogen-bond acceptors (Lipinski definition) is 4. The highest BCUT2D eigenvalue weighted by Gasteiger charge is 2.29. The van der Waals surface area contributed by atoms with Crippen molar-refractivity contribution in [2.24, 2.45) is 11.8 Å². The average Bonchev–Trinajstić information content (AvgIpc) is 3.47. The molecule has 9 heteroatoms. The molecule has 3 rings (SSSR count). The first-order chi connectivity index (χ1) is 17.2. The van der Waals surface area contributed by atoms with Crippen molar-refractivity contribution in [2.45, 2.75) is 77.3 Å². The van der Waals surface area contributed by atoms with Gasteiger partial charge in [-0.05, 0) is 42.7 Å². The summed E-state index contributed by atoms with van der Waals surface area (Å²) >= 11 is 0. The van der Waals surface area contributed by atoms with E-state index in [-0.39, 0.29) is 31.2 Å². The van der Waals surface area contributed by atoms with E-state index in [2.05, 4.69) is 20.9 Å². The summed E-state index contributed by atoms with van der Waals surface area (Å²) in [6.07, 6.45) is 7.03. The summed E-state index contributed by atoms with van der Waals surface area (Å²) in [6.45, 7) is 3.92. The van der Waals surface area contributed by atoms with Gasteiger partial charge in [-0.15, -0.1) is 0 Å². The molecule has 5 N–H and O–H groups in total. The first-order valence-electron chi connectivity index (χ1n) is 12.9. The zero-order valence-corrected chi connectivity index (χ0v) is 21.1. The Bertz CT molecular complexity index is 1060. The van der Waals surface area contributed by atoms with Gasteiger partial charge in [0.05, 0.1) is 6.42 Å². The Morgan fingerprint density at radius 3 is 2.44 bits per heavy atom. The molecular formula is C27H38N4O5. The van der Waals surface area contributed by atoms with Crippen LogP contribution in [0.1, 0.15) is 64.4 Å². The van der Waals surface area contributed by atoms with Gasteiger partial charge in [0.1, 0.15) is 12.1 Å². The van der Waals surface area contributed by atoms with Crippen LogP contribution in [-0.2, 0) is 25.6 Å². The van der Waals surface area contributed by atoms with E-state index in [0.29, 0.717) is 18.8 Å². The minimum absolute atomic E-state index is 0.0397. The largest absolute Gasteiger partial charge is 0.481 e. The quantitative estimate of drug-likeness (QED) is 0.289. The van der Waals surface area contributed by atoms with Gasteiger partial charge in [0.15, 0.2) is 0 Å². The fourth-order valence-electron chi connectivity index (χ4n) is 4.85. The molecule has 1 saturated carbocycles. The molecule has 1 fully saturated rings. The van der Waals surface area contributed by atoms with Crippen LogP contribution in [0.15, 0.2) is 30.5 Å². The van der Waals surface area contributed by atoms with Crippen molar-refractivity contribution in [1.82, 2.24) is 20.9 Å². The number of carboxylic acids is 1. The third-order valence-corrected chi connectivity index (χ3v) is 6.68. The molecule has 1 aliphatic carbocycles. The van der Waals surface area contributed by atoms with Crippen molar-refractivity contribution >= 4 is 34.6 Å². The third kappa shape index (κ3) is 8.10. The number of carbonyl (C=O) groups is 4. The lowest BCUT2D eigenvalue weighted by Crippen LogP contribution is -2.55. The summed E-state index contributed by atoms with van der Waals surface area (Å²) < 4.78 is 0. The van der Waals surface area contributed by atoms with Gasteiger partial charge < -0.3 is 26.0 Å². The van der Waals surface area contributed by atoms with E-state index < -0.39 is 29.9 Å². The molecule has 1 aromatic heterocycles. The van der Waals surface area contributed by atoms with E-state index in [1.807, 2.05) is 44.3 Å². The van der Waals surface area contributed by atoms with E-state index in [0.717, 1.165) is 42.1 Å². The summed E-state index contributed by atoms with van der Waals surface area (Å²) in [7, 11) is 0. The summed E-state index contributed by atoms with van der Waals surface area (Å²) in [6, 6.07) is 6.00. The van der Waals surface area contributed by atoms with Gasteiger partial charge in [-0.2, -0.15) is 0 Å². The van der Waals surface area contributed by atoms with Gasteiger partial charge in [-0.1, -0.05) is 44.9 Å². The minimum atomic E-state index is -1.02. The fourth-order valence-corrected chi connectivity index (χ4v) is 4.85. The van der Waals surface area contributed by atoms with Gasteiger partial charge in [0.25, 0.3) is 0 Å². The Hall–Kier alpha value is -3.36. The van der Waals surface area contributed by atoms with Crippen LogP contribution in [0.5, 0.6) is 0 Å². The molecule has 196 valence electrons. The van der Waals surface area contributed by atoms with Crippen LogP contribution in [-0.4, -0.2) is 52.4 Å². The first-order valence-corrected chi connectivity index (χ1v) is 12.9. The molecular weight excluding hydrogens is 460 g/mol. The third-order valence-electron chi connectivity index (χ3n) is 6.68. The van der Waals surface area contributed by atoms with Crippen LogP contribution in [0.4, 0.5) is 0 Å². The van der Waals surface area contributed by atoms with E-state index in [1.165, 1.54) is 0 Å². The molecule has 1 aliphatic rings. The number of benzene rings is 1. The Morgan fingerprint density at radius 1 is 1.03 bits per heavy atom. The zero-order chi connectivity index (χ0) is 26.1. The summed E-state index contributed by atoms with van der Waals surface area (Å²) in [5, 5.41) is 18.2. The van der Waals surface area contributed by atoms with Crippen molar-refractivity contribution < 1.29 is 24.3 Å². The highest BCUT2D eigenvalue weighted by molar-refractivity contribution is 5.93. The normalized spacial score (nSPS) is 15.5. The zero-order valence-electron chi connectivity index (χ0n) is 21.1. The number of aliphatic carboxylic acids is 1. The van der Waals surface area contributed by atoms with Gasteiger partial charge in [-0.3, -0.25) is 19.2 Å². The molecule has 9 nitrogen and oxygen atoms in total. The number of amides is 3. The van der Waals surface area contributed by atoms with Crippen LogP contribution in [0.3, 0.4) is 0 Å². The van der Waals surface area contributed by atoms with E-state index in [1.54, 1.807) is 0 Å². The van der Waals surface area contributed by atoms with E-state index in [9.17, 15) is 19.2 Å². The van der Waals surface area contributed by atoms with Crippen molar-refractivity contribution in [3.05, 3.63) is 36.0 Å². The fraction of sp³-hybridized carbons (Fsp3) is 0.556. The summed E-state index contributed by atoms with van der Waals surface area (Å²) in [5.41, 5.74) is 1.77. The number of H-pyrrole nitrogens is 1. The highest BCUT2D eigenvalue weighted by Crippen LogP contribution is 2.27. The maximum atomic E-state index is 13.3. The second-order valence-electron chi connectivity index (χ2n) is 10.2. The number of fused-ring (bicyclic) bond motifs is 1. The Balaban J connectivity index is 1.73. The van der Waals surface area contributed by atoms with Gasteiger partial charge >= 0.3 is 5.97 Å². The Labute approximate surface area is 211 Å². The molecule has 3 amide bonds. The summed E-state index contributed by atoms with van der Waals surface area (Å²) in [5.74, 6) is -1.51. The maximum Gasteiger partial charge on any atom is 0.305 e. The molecule has 1 heterocycles. The van der Waals surface area contributed by atoms with Crippen LogP contribution in [0.25, 0.3) is 10.9 Å². The van der Waals surface area contributed by atoms with Gasteiger partial charge in [-0.25, -0.2) is 0 Å². The van der Waals surface area contributed by atoms with Crippen molar-refractivity contribution in [2.75, 3.05) is 6.54 Å². The number of rotatable bonds is 13. The molecule has 0 aliphatic heterocycles. The lowest BCUT2D eigenvalue weighted by Gasteiger charge is -2.24. The van der Waals surface area contributed by atoms with Crippen molar-refractivity contribution in [3.8, 4) is 0 Å². The number of aromatic nitrogens is 1. The van der Waals surface area contributed by atoms with E-state index in [4.69, 9.17) is 5.11 Å². The van der Waals surface area contributed by atoms with Crippen LogP contribution in [0.2, 0.25) is 0 Å². The molecule has 0 unspecified atom stereocenters. The highest BCUT2D eigenvalue weighted by atomic mass is 16.4. The Kier molecular flexibility index (Phi) is 9.90. The second kappa shape index (κ2) is 13.1. The number of aromatic amines is 1. The van der Waals surface area contributed by atoms with Gasteiger partial charge in [0, 0.05) is 36.5 Å². The average molecular weight is 499 g/mol. The molecule has 2 aromatic rings. The smallest absolute Gasteiger partial charge is 0.305 e. The first kappa shape index (κ1) is 27.2. The lowest BCUT2D eigenvalue weighted by molar-refractivity contribution is -0.137. The lowest BCUT2D eigenvalue weighted by atomic mass is 9.99. The minimum Gasteiger partial charge on any atom is -0.481 e. The number of nitrogens with one attached hydrogen (secondary N) is 4. The van der Waals surface area contributed by atoms with Crippen molar-refractivity contribution in [3.63, 3.8) is 0 Å². The van der Waals surface area contributed by atoms with Crippen LogP contribution < -0.4 is 16.0 Å². The predicted octanol–water partition coefficient (Wildman–Crippen LogP) is 2.90. The molecule has 2 atom stereocenters. The molecule has 1 aromatic carbocycles. The topological polar surface area (TPSA) is 140 Å². The van der Waals surface area contributed by atoms with Crippen LogP contribution in [0, 0.1) is 11.8 Å². The van der Waals surface area contributed by atoms with Gasteiger partial charge in [0.2, 0.25) is 17.7 Å². The molecule has 0 spiro atoms. The molecule has 36 heavy (non-hydrogen) atoms. The number of para-hydroxylation sites is 1. The Morgan fingerprint density at radius 2 is 1.75 bits per heavy atom. The number of carbonyl (C=O) groups excluding carboxylic acids is 3. The SMILES string of the molecule is CC(C)C[C@H](NC(=O)CC1CCCC1)C(=O)N[C@H](Cc1c[nH]c2ccccc12)C(=O)NCCC(=O)O. The van der Waals surface area contributed by atoms with Crippen molar-refractivity contribution in [1.29, 1.82) is 0 Å². The summed E-state index contributed by atoms with van der Waals surface area (Å²) in [4.78, 5) is 53.1. The maximum absolute atomic E-state index is 13.3. The molecule has 0 radical (unpaired) electrons. The monoisotopic (exact) mass is 498 g/mol. The number of hydrogen-bond donors (Lipinski definition) is 5. The molecule has 0 saturated heterocycles. The van der Waals surface area contributed by atoms with E-state index >= 15 is 0 Å². The standard InChI is InChI=1S/C27H38N4O5/c1-17(2)13-22(30-24(32)14-18-7-3-4-8-18)27(36)31-23(26(35)28-12-11-25(33)34)15-19-16-29-21-10-6-5-9-20(19)21/h5-6,9-10,16-18,22-23,29H,3-4,7-8,11-15H2,1-2H3,(H,28,35)(H,30,32)(H,31,36)(H,33,34)/t22-,23+/m0/s1. The predicted molar refractivity (Wildman–Crippen MR) is 137 cm³/mol. The number of carboxylic acid groups (broad SMARTS) is 1.